The number of amides is 2. The summed E-state index contributed by atoms with van der Waals surface area (Å²) in [5, 5.41) is 3.20. The van der Waals surface area contributed by atoms with Gasteiger partial charge in [-0.2, -0.15) is 0 Å². The maximum Gasteiger partial charge on any atom is 0.251 e. The predicted molar refractivity (Wildman–Crippen MR) is 111 cm³/mol. The van der Waals surface area contributed by atoms with Crippen molar-refractivity contribution in [3.05, 3.63) is 51.6 Å². The Bertz CT molecular complexity index is 838. The zero-order valence-corrected chi connectivity index (χ0v) is 17.4. The summed E-state index contributed by atoms with van der Waals surface area (Å²) in [6.07, 6.45) is 0.888. The summed E-state index contributed by atoms with van der Waals surface area (Å²) in [7, 11) is 3.20. The van der Waals surface area contributed by atoms with Crippen LogP contribution < -0.4 is 19.7 Å². The molecule has 27 heavy (non-hydrogen) atoms. The highest BCUT2D eigenvalue weighted by atomic mass is 127. The number of ether oxygens (including phenoxy) is 2. The van der Waals surface area contributed by atoms with Crippen LogP contribution in [0.5, 0.6) is 11.5 Å². The molecule has 2 aromatic rings. The van der Waals surface area contributed by atoms with Gasteiger partial charge in [0.1, 0.15) is 0 Å². The minimum absolute atomic E-state index is 0.176. The van der Waals surface area contributed by atoms with E-state index in [0.29, 0.717) is 30.2 Å². The van der Waals surface area contributed by atoms with Gasteiger partial charge in [0.15, 0.2) is 11.5 Å². The van der Waals surface area contributed by atoms with Crippen LogP contribution in [0.25, 0.3) is 0 Å². The standard InChI is InChI=1S/C20H21IN2O4/c1-26-17-8-3-13(11-18(17)27-2)9-10-22-16-12-19(24)23(20(16)25)15-6-4-14(21)5-7-15/h3-8,11,16,22H,9-10,12H2,1-2H3. The normalized spacial score (nSPS) is 16.7. The third-order valence-electron chi connectivity index (χ3n) is 4.48. The van der Waals surface area contributed by atoms with Gasteiger partial charge in [0.2, 0.25) is 5.91 Å². The van der Waals surface area contributed by atoms with Crippen molar-refractivity contribution in [1.29, 1.82) is 0 Å². The maximum absolute atomic E-state index is 12.6. The lowest BCUT2D eigenvalue weighted by Gasteiger charge is -2.16. The molecular weight excluding hydrogens is 459 g/mol. The second-order valence-electron chi connectivity index (χ2n) is 6.19. The zero-order valence-electron chi connectivity index (χ0n) is 15.2. The van der Waals surface area contributed by atoms with Crippen LogP contribution in [0, 0.1) is 3.57 Å². The van der Waals surface area contributed by atoms with Crippen LogP contribution in [-0.2, 0) is 16.0 Å². The third-order valence-corrected chi connectivity index (χ3v) is 5.20. The first-order valence-electron chi connectivity index (χ1n) is 8.60. The van der Waals surface area contributed by atoms with Crippen molar-refractivity contribution < 1.29 is 19.1 Å². The van der Waals surface area contributed by atoms with E-state index >= 15 is 0 Å². The average Bonchev–Trinajstić information content (AvgIpc) is 2.96. The Morgan fingerprint density at radius 1 is 1.07 bits per heavy atom. The van der Waals surface area contributed by atoms with Crippen molar-refractivity contribution >= 4 is 40.1 Å². The molecule has 6 nitrogen and oxygen atoms in total. The van der Waals surface area contributed by atoms with Crippen LogP contribution in [0.1, 0.15) is 12.0 Å². The molecule has 2 amide bonds. The number of carbonyl (C=O) groups excluding carboxylic acids is 2. The summed E-state index contributed by atoms with van der Waals surface area (Å²) in [6.45, 7) is 0.583. The first-order chi connectivity index (χ1) is 13.0. The van der Waals surface area contributed by atoms with Gasteiger partial charge in [0.05, 0.1) is 32.4 Å². The number of rotatable bonds is 7. The first-order valence-corrected chi connectivity index (χ1v) is 9.68. The summed E-state index contributed by atoms with van der Waals surface area (Å²) >= 11 is 2.19. The lowest BCUT2D eigenvalue weighted by Crippen LogP contribution is -2.39. The summed E-state index contributed by atoms with van der Waals surface area (Å²) < 4.78 is 11.6. The molecule has 1 fully saturated rings. The van der Waals surface area contributed by atoms with Crippen molar-refractivity contribution in [2.75, 3.05) is 25.7 Å². The second kappa shape index (κ2) is 8.71. The lowest BCUT2D eigenvalue weighted by atomic mass is 10.1. The lowest BCUT2D eigenvalue weighted by molar-refractivity contribution is -0.121. The van der Waals surface area contributed by atoms with Gasteiger partial charge < -0.3 is 14.8 Å². The van der Waals surface area contributed by atoms with E-state index in [1.54, 1.807) is 26.4 Å². The minimum atomic E-state index is -0.489. The highest BCUT2D eigenvalue weighted by Crippen LogP contribution is 2.28. The molecule has 0 radical (unpaired) electrons. The molecule has 1 aliphatic rings. The Balaban J connectivity index is 1.60. The highest BCUT2D eigenvalue weighted by Gasteiger charge is 2.39. The van der Waals surface area contributed by atoms with Crippen molar-refractivity contribution in [3.8, 4) is 11.5 Å². The molecular formula is C20H21IN2O4. The maximum atomic E-state index is 12.6. The molecule has 0 aromatic heterocycles. The molecule has 1 atom stereocenters. The van der Waals surface area contributed by atoms with Gasteiger partial charge in [-0.05, 0) is 77.5 Å². The number of hydrogen-bond acceptors (Lipinski definition) is 5. The molecule has 0 spiro atoms. The average molecular weight is 480 g/mol. The molecule has 0 aliphatic carbocycles. The SMILES string of the molecule is COc1ccc(CCNC2CC(=O)N(c3ccc(I)cc3)C2=O)cc1OC. The fourth-order valence-electron chi connectivity index (χ4n) is 3.08. The molecule has 0 saturated carbocycles. The summed E-state index contributed by atoms with van der Waals surface area (Å²) in [6, 6.07) is 12.6. The topological polar surface area (TPSA) is 67.9 Å². The van der Waals surface area contributed by atoms with Crippen molar-refractivity contribution in [1.82, 2.24) is 5.32 Å². The van der Waals surface area contributed by atoms with E-state index in [9.17, 15) is 9.59 Å². The molecule has 142 valence electrons. The number of carbonyl (C=O) groups is 2. The Morgan fingerprint density at radius 2 is 1.78 bits per heavy atom. The Morgan fingerprint density at radius 3 is 2.44 bits per heavy atom. The van der Waals surface area contributed by atoms with Crippen molar-refractivity contribution in [2.45, 2.75) is 18.9 Å². The molecule has 1 heterocycles. The number of halogens is 1. The summed E-state index contributed by atoms with van der Waals surface area (Å²) in [5.41, 5.74) is 1.68. The van der Waals surface area contributed by atoms with Crippen LogP contribution in [-0.4, -0.2) is 38.6 Å². The Kier molecular flexibility index (Phi) is 6.33. The minimum Gasteiger partial charge on any atom is -0.493 e. The molecule has 0 bridgehead atoms. The summed E-state index contributed by atoms with van der Waals surface area (Å²) in [5.74, 6) is 0.976. The Labute approximate surface area is 172 Å². The number of nitrogens with zero attached hydrogens (tertiary/aromatic N) is 1. The Hall–Kier alpha value is -2.13. The van der Waals surface area contributed by atoms with E-state index < -0.39 is 6.04 Å². The van der Waals surface area contributed by atoms with E-state index in [4.69, 9.17) is 9.47 Å². The molecule has 1 unspecified atom stereocenters. The van der Waals surface area contributed by atoms with E-state index in [0.717, 1.165) is 9.13 Å². The van der Waals surface area contributed by atoms with Crippen LogP contribution in [0.2, 0.25) is 0 Å². The second-order valence-corrected chi connectivity index (χ2v) is 7.44. The molecule has 1 saturated heterocycles. The van der Waals surface area contributed by atoms with Gasteiger partial charge in [-0.25, -0.2) is 4.90 Å². The van der Waals surface area contributed by atoms with Gasteiger partial charge >= 0.3 is 0 Å². The molecule has 3 rings (SSSR count). The predicted octanol–water partition coefficient (Wildman–Crippen LogP) is 2.77. The van der Waals surface area contributed by atoms with E-state index in [1.807, 2.05) is 30.3 Å². The van der Waals surface area contributed by atoms with E-state index in [2.05, 4.69) is 27.9 Å². The number of benzene rings is 2. The molecule has 7 heteroatoms. The van der Waals surface area contributed by atoms with E-state index in [-0.39, 0.29) is 18.2 Å². The van der Waals surface area contributed by atoms with Crippen molar-refractivity contribution in [3.63, 3.8) is 0 Å². The fourth-order valence-corrected chi connectivity index (χ4v) is 3.44. The fraction of sp³-hybridized carbons (Fsp3) is 0.300. The monoisotopic (exact) mass is 480 g/mol. The number of nitrogens with one attached hydrogen (secondary N) is 1. The number of methoxy groups -OCH3 is 2. The highest BCUT2D eigenvalue weighted by molar-refractivity contribution is 14.1. The van der Waals surface area contributed by atoms with Crippen LogP contribution in [0.4, 0.5) is 5.69 Å². The van der Waals surface area contributed by atoms with Gasteiger partial charge in [-0.15, -0.1) is 0 Å². The van der Waals surface area contributed by atoms with Crippen LogP contribution in [0.3, 0.4) is 0 Å². The summed E-state index contributed by atoms with van der Waals surface area (Å²) in [4.78, 5) is 26.2. The van der Waals surface area contributed by atoms with Crippen LogP contribution >= 0.6 is 22.6 Å². The number of hydrogen-bond donors (Lipinski definition) is 1. The van der Waals surface area contributed by atoms with Gasteiger partial charge in [0, 0.05) is 3.57 Å². The number of anilines is 1. The molecule has 1 N–H and O–H groups in total. The van der Waals surface area contributed by atoms with Gasteiger partial charge in [-0.1, -0.05) is 6.07 Å². The van der Waals surface area contributed by atoms with Crippen molar-refractivity contribution in [2.24, 2.45) is 0 Å². The third kappa shape index (κ3) is 4.41. The first kappa shape index (κ1) is 19.6. The molecule has 2 aromatic carbocycles. The van der Waals surface area contributed by atoms with Crippen LogP contribution in [0.15, 0.2) is 42.5 Å². The largest absolute Gasteiger partial charge is 0.493 e. The van der Waals surface area contributed by atoms with Gasteiger partial charge in [-0.3, -0.25) is 9.59 Å². The smallest absolute Gasteiger partial charge is 0.251 e. The molecule has 1 aliphatic heterocycles. The van der Waals surface area contributed by atoms with Gasteiger partial charge in [0.25, 0.3) is 5.91 Å². The van der Waals surface area contributed by atoms with E-state index in [1.165, 1.54) is 4.90 Å². The quantitative estimate of drug-likeness (QED) is 0.488. The zero-order chi connectivity index (χ0) is 19.4. The number of imide groups is 1.